The van der Waals surface area contributed by atoms with Crippen LogP contribution < -0.4 is 10.6 Å². The smallest absolute Gasteiger partial charge is 0.0610 e. The Kier molecular flexibility index (Phi) is 5.98. The fraction of sp³-hybridized carbons (Fsp3) is 0.792. The topological polar surface area (TPSA) is 46.2 Å². The normalized spacial score (nSPS) is 39.6. The molecule has 0 amide bonds. The molecule has 3 heterocycles. The zero-order valence-corrected chi connectivity index (χ0v) is 17.2. The van der Waals surface area contributed by atoms with Gasteiger partial charge in [-0.05, 0) is 68.5 Å². The molecule has 2 saturated carbocycles. The van der Waals surface area contributed by atoms with E-state index in [1.54, 1.807) is 0 Å². The summed E-state index contributed by atoms with van der Waals surface area (Å²) in [5.74, 6) is 2.70. The van der Waals surface area contributed by atoms with E-state index in [1.807, 2.05) is 12.3 Å². The number of fused-ring (bicyclic) bond motifs is 1. The summed E-state index contributed by atoms with van der Waals surface area (Å²) in [6.45, 7) is 2.21. The van der Waals surface area contributed by atoms with Crippen molar-refractivity contribution in [2.24, 2.45) is 17.8 Å². The summed E-state index contributed by atoms with van der Waals surface area (Å²) >= 11 is 0. The number of nitrogens with one attached hydrogen (secondary N) is 2. The summed E-state index contributed by atoms with van der Waals surface area (Å²) in [5.41, 5.74) is 1.27. The number of aromatic nitrogens is 1. The zero-order chi connectivity index (χ0) is 18.8. The molecule has 0 spiro atoms. The van der Waals surface area contributed by atoms with Gasteiger partial charge in [-0.25, -0.2) is 0 Å². The number of nitrogens with zero attached hydrogens (tertiary/aromatic N) is 1. The average molecular weight is 384 g/mol. The summed E-state index contributed by atoms with van der Waals surface area (Å²) in [6, 6.07) is 6.38. The van der Waals surface area contributed by atoms with Gasteiger partial charge in [0.15, 0.2) is 0 Å². The van der Waals surface area contributed by atoms with Gasteiger partial charge in [0.25, 0.3) is 0 Å². The molecule has 6 atom stereocenters. The molecule has 2 saturated heterocycles. The molecule has 5 rings (SSSR count). The van der Waals surface area contributed by atoms with Crippen LogP contribution in [0.2, 0.25) is 0 Å². The van der Waals surface area contributed by atoms with E-state index in [2.05, 4.69) is 27.8 Å². The van der Waals surface area contributed by atoms with Crippen LogP contribution in [0.25, 0.3) is 0 Å². The highest BCUT2D eigenvalue weighted by Gasteiger charge is 2.45. The number of hydrogen-bond acceptors (Lipinski definition) is 4. The van der Waals surface area contributed by atoms with Crippen LogP contribution in [0.5, 0.6) is 0 Å². The predicted octanol–water partition coefficient (Wildman–Crippen LogP) is 4.23. The second-order valence-corrected chi connectivity index (χ2v) is 9.70. The SMILES string of the molecule is c1ccc(C2CNC3NCC(C4CCCCC4OC4CCCCC4)CC32)nc1. The van der Waals surface area contributed by atoms with Crippen molar-refractivity contribution in [1.29, 1.82) is 0 Å². The second-order valence-electron chi connectivity index (χ2n) is 9.70. The Morgan fingerprint density at radius 1 is 0.857 bits per heavy atom. The third kappa shape index (κ3) is 4.01. The Balaban J connectivity index is 1.27. The van der Waals surface area contributed by atoms with Gasteiger partial charge in [0.05, 0.1) is 18.4 Å². The van der Waals surface area contributed by atoms with E-state index in [-0.39, 0.29) is 0 Å². The van der Waals surface area contributed by atoms with Gasteiger partial charge >= 0.3 is 0 Å². The Bertz CT molecular complexity index is 618. The van der Waals surface area contributed by atoms with Crippen LogP contribution in [-0.2, 0) is 4.74 Å². The Morgan fingerprint density at radius 3 is 2.54 bits per heavy atom. The van der Waals surface area contributed by atoms with E-state index >= 15 is 0 Å². The van der Waals surface area contributed by atoms with E-state index in [9.17, 15) is 0 Å². The Morgan fingerprint density at radius 2 is 1.68 bits per heavy atom. The third-order valence-corrected chi connectivity index (χ3v) is 8.02. The molecule has 154 valence electrons. The van der Waals surface area contributed by atoms with E-state index in [0.717, 1.165) is 24.9 Å². The molecule has 4 fully saturated rings. The van der Waals surface area contributed by atoms with Crippen molar-refractivity contribution in [3.05, 3.63) is 30.1 Å². The summed E-state index contributed by atoms with van der Waals surface area (Å²) in [4.78, 5) is 4.69. The lowest BCUT2D eigenvalue weighted by Gasteiger charge is -2.44. The summed E-state index contributed by atoms with van der Waals surface area (Å²) in [5, 5.41) is 7.58. The Hall–Kier alpha value is -0.970. The fourth-order valence-corrected chi connectivity index (χ4v) is 6.55. The molecule has 0 radical (unpaired) electrons. The first-order chi connectivity index (χ1) is 13.9. The van der Waals surface area contributed by atoms with Crippen LogP contribution in [-0.4, -0.2) is 36.4 Å². The maximum Gasteiger partial charge on any atom is 0.0610 e. The van der Waals surface area contributed by atoms with Gasteiger partial charge in [0.2, 0.25) is 0 Å². The summed E-state index contributed by atoms with van der Waals surface area (Å²) < 4.78 is 6.77. The van der Waals surface area contributed by atoms with Gasteiger partial charge in [-0.3, -0.25) is 4.98 Å². The highest BCUT2D eigenvalue weighted by atomic mass is 16.5. The molecule has 4 heteroatoms. The van der Waals surface area contributed by atoms with Crippen molar-refractivity contribution in [2.75, 3.05) is 13.1 Å². The van der Waals surface area contributed by atoms with Crippen molar-refractivity contribution in [1.82, 2.24) is 15.6 Å². The highest BCUT2D eigenvalue weighted by molar-refractivity contribution is 5.16. The number of pyridine rings is 1. The predicted molar refractivity (Wildman–Crippen MR) is 112 cm³/mol. The number of rotatable bonds is 4. The monoisotopic (exact) mass is 383 g/mol. The maximum absolute atomic E-state index is 6.77. The van der Waals surface area contributed by atoms with Crippen molar-refractivity contribution < 1.29 is 4.74 Å². The molecule has 4 nitrogen and oxygen atoms in total. The van der Waals surface area contributed by atoms with Crippen LogP contribution in [0.1, 0.15) is 75.8 Å². The molecule has 2 aliphatic heterocycles. The molecular weight excluding hydrogens is 346 g/mol. The van der Waals surface area contributed by atoms with Gasteiger partial charge in [0, 0.05) is 24.4 Å². The number of ether oxygens (including phenoxy) is 1. The highest BCUT2D eigenvalue weighted by Crippen LogP contribution is 2.43. The van der Waals surface area contributed by atoms with Crippen LogP contribution in [0.15, 0.2) is 24.4 Å². The minimum atomic E-state index is 0.463. The first-order valence-electron chi connectivity index (χ1n) is 11.9. The molecule has 2 aliphatic carbocycles. The molecule has 28 heavy (non-hydrogen) atoms. The molecule has 0 aromatic carbocycles. The lowest BCUT2D eigenvalue weighted by molar-refractivity contribution is -0.0902. The average Bonchev–Trinajstić information content (AvgIpc) is 3.19. The molecule has 1 aromatic heterocycles. The van der Waals surface area contributed by atoms with Crippen LogP contribution in [0.3, 0.4) is 0 Å². The van der Waals surface area contributed by atoms with Crippen molar-refractivity contribution in [2.45, 2.75) is 88.5 Å². The first-order valence-corrected chi connectivity index (χ1v) is 11.9. The minimum Gasteiger partial charge on any atom is -0.375 e. The third-order valence-electron chi connectivity index (χ3n) is 8.02. The van der Waals surface area contributed by atoms with Gasteiger partial charge in [-0.15, -0.1) is 0 Å². The van der Waals surface area contributed by atoms with Crippen molar-refractivity contribution in [3.63, 3.8) is 0 Å². The van der Waals surface area contributed by atoms with Gasteiger partial charge in [-0.1, -0.05) is 38.2 Å². The maximum atomic E-state index is 6.77. The van der Waals surface area contributed by atoms with Crippen molar-refractivity contribution in [3.8, 4) is 0 Å². The number of piperidine rings is 1. The first kappa shape index (κ1) is 19.0. The van der Waals surface area contributed by atoms with Gasteiger partial charge < -0.3 is 15.4 Å². The van der Waals surface area contributed by atoms with Gasteiger partial charge in [0.1, 0.15) is 0 Å². The molecular formula is C24H37N3O. The van der Waals surface area contributed by atoms with Crippen LogP contribution in [0.4, 0.5) is 0 Å². The Labute approximate surface area is 170 Å². The van der Waals surface area contributed by atoms with Gasteiger partial charge in [-0.2, -0.15) is 0 Å². The second kappa shape index (κ2) is 8.81. The molecule has 0 bridgehead atoms. The van der Waals surface area contributed by atoms with E-state index < -0.39 is 0 Å². The zero-order valence-electron chi connectivity index (χ0n) is 17.2. The summed E-state index contributed by atoms with van der Waals surface area (Å²) in [7, 11) is 0. The lowest BCUT2D eigenvalue weighted by atomic mass is 9.70. The number of hydrogen-bond donors (Lipinski definition) is 2. The molecule has 4 aliphatic rings. The molecule has 1 aromatic rings. The largest absolute Gasteiger partial charge is 0.375 e. The fourth-order valence-electron chi connectivity index (χ4n) is 6.55. The quantitative estimate of drug-likeness (QED) is 0.817. The van der Waals surface area contributed by atoms with Crippen LogP contribution in [0, 0.1) is 17.8 Å². The van der Waals surface area contributed by atoms with E-state index in [1.165, 1.54) is 69.9 Å². The van der Waals surface area contributed by atoms with E-state index in [0.29, 0.717) is 30.2 Å². The molecule has 6 unspecified atom stereocenters. The lowest BCUT2D eigenvalue weighted by Crippen LogP contribution is -2.52. The minimum absolute atomic E-state index is 0.463. The standard InChI is InChI=1S/C24H37N3O/c1-2-8-18(9-3-1)28-23-12-5-4-10-19(23)17-14-20-21(16-27-24(20)26-15-17)22-11-6-7-13-25-22/h6-7,11,13,17-21,23-24,26-27H,1-5,8-10,12,14-16H2. The molecule has 2 N–H and O–H groups in total. The van der Waals surface area contributed by atoms with Crippen LogP contribution >= 0.6 is 0 Å². The summed E-state index contributed by atoms with van der Waals surface area (Å²) in [6.07, 6.45) is 16.9. The van der Waals surface area contributed by atoms with E-state index in [4.69, 9.17) is 4.74 Å². The van der Waals surface area contributed by atoms with Crippen molar-refractivity contribution >= 4 is 0 Å².